The van der Waals surface area contributed by atoms with Gasteiger partial charge in [-0.3, -0.25) is 0 Å². The van der Waals surface area contributed by atoms with Crippen molar-refractivity contribution in [1.29, 1.82) is 0 Å². The molecule has 0 saturated carbocycles. The standard InChI is InChI=1S/C15H13.Y/c1-13-7-5-6-10-15(13)12-11-14-8-3-2-4-9-14;/h3-12H,1H3;/q-1;. The molecule has 2 rings (SSSR count). The van der Waals surface area contributed by atoms with Gasteiger partial charge in [0.05, 0.1) is 0 Å². The van der Waals surface area contributed by atoms with Crippen LogP contribution in [0.25, 0.3) is 12.2 Å². The van der Waals surface area contributed by atoms with Crippen LogP contribution in [0.15, 0.2) is 48.5 Å². The first-order valence-corrected chi connectivity index (χ1v) is 5.06. The minimum absolute atomic E-state index is 0. The average molecular weight is 282 g/mol. The normalized spacial score (nSPS) is 10.1. The Labute approximate surface area is 122 Å². The maximum atomic E-state index is 3.01. The molecule has 0 aliphatic rings. The molecular weight excluding hydrogens is 269 g/mol. The second kappa shape index (κ2) is 6.78. The van der Waals surface area contributed by atoms with Gasteiger partial charge in [-0.2, -0.15) is 30.3 Å². The molecule has 0 N–H and O–H groups in total. The third-order valence-electron chi connectivity index (χ3n) is 2.39. The Morgan fingerprint density at radius 3 is 2.31 bits per heavy atom. The summed E-state index contributed by atoms with van der Waals surface area (Å²) in [5.74, 6) is 0. The molecule has 0 bridgehead atoms. The van der Waals surface area contributed by atoms with E-state index >= 15 is 0 Å². The number of rotatable bonds is 2. The molecule has 0 aromatic heterocycles. The van der Waals surface area contributed by atoms with Crippen LogP contribution >= 0.6 is 0 Å². The first-order chi connectivity index (χ1) is 7.36. The van der Waals surface area contributed by atoms with Crippen molar-refractivity contribution in [2.45, 2.75) is 6.92 Å². The van der Waals surface area contributed by atoms with Gasteiger partial charge < -0.3 is 0 Å². The van der Waals surface area contributed by atoms with Gasteiger partial charge >= 0.3 is 0 Å². The second-order valence-corrected chi connectivity index (χ2v) is 3.52. The molecule has 2 aromatic rings. The maximum absolute atomic E-state index is 3.01. The van der Waals surface area contributed by atoms with Crippen LogP contribution in [-0.4, -0.2) is 0 Å². The van der Waals surface area contributed by atoms with Crippen molar-refractivity contribution in [3.8, 4) is 0 Å². The summed E-state index contributed by atoms with van der Waals surface area (Å²) in [7, 11) is 0. The van der Waals surface area contributed by atoms with Crippen LogP contribution in [-0.2, 0) is 32.7 Å². The van der Waals surface area contributed by atoms with E-state index in [9.17, 15) is 0 Å². The van der Waals surface area contributed by atoms with E-state index < -0.39 is 0 Å². The largest absolute Gasteiger partial charge is 0.184 e. The van der Waals surface area contributed by atoms with Crippen molar-refractivity contribution >= 4 is 12.2 Å². The van der Waals surface area contributed by atoms with Crippen LogP contribution in [0.1, 0.15) is 16.7 Å². The van der Waals surface area contributed by atoms with Gasteiger partial charge in [-0.15, -0.1) is 5.56 Å². The Hall–Kier alpha value is -0.716. The van der Waals surface area contributed by atoms with Crippen LogP contribution in [0.5, 0.6) is 0 Å². The van der Waals surface area contributed by atoms with E-state index in [-0.39, 0.29) is 32.7 Å². The fourth-order valence-corrected chi connectivity index (χ4v) is 1.47. The van der Waals surface area contributed by atoms with Gasteiger partial charge in [-0.1, -0.05) is 36.4 Å². The van der Waals surface area contributed by atoms with Gasteiger partial charge in [0.25, 0.3) is 0 Å². The molecule has 1 heteroatoms. The quantitative estimate of drug-likeness (QED) is 0.577. The van der Waals surface area contributed by atoms with E-state index in [1.54, 1.807) is 0 Å². The molecule has 2 aromatic carbocycles. The smallest absolute Gasteiger partial charge is 0 e. The monoisotopic (exact) mass is 282 g/mol. The SMILES string of the molecule is Cc1ccccc1C=Cc1cc[c-]cc1.[Y]. The van der Waals surface area contributed by atoms with E-state index in [1.807, 2.05) is 12.1 Å². The van der Waals surface area contributed by atoms with Crippen molar-refractivity contribution in [2.75, 3.05) is 0 Å². The van der Waals surface area contributed by atoms with Crippen LogP contribution in [0.3, 0.4) is 0 Å². The van der Waals surface area contributed by atoms with Crippen LogP contribution in [0.4, 0.5) is 0 Å². The summed E-state index contributed by atoms with van der Waals surface area (Å²) in [5, 5.41) is 0. The number of hydrogen-bond donors (Lipinski definition) is 0. The van der Waals surface area contributed by atoms with Gasteiger partial charge in [-0.05, 0) is 18.1 Å². The summed E-state index contributed by atoms with van der Waals surface area (Å²) in [4.78, 5) is 0. The van der Waals surface area contributed by atoms with E-state index in [1.165, 1.54) is 16.7 Å². The molecule has 0 atom stereocenters. The number of hydrogen-bond acceptors (Lipinski definition) is 0. The van der Waals surface area contributed by atoms with Gasteiger partial charge in [0.1, 0.15) is 0 Å². The van der Waals surface area contributed by atoms with E-state index in [4.69, 9.17) is 0 Å². The molecule has 0 aliphatic carbocycles. The topological polar surface area (TPSA) is 0 Å². The molecule has 1 radical (unpaired) electrons. The molecule has 0 spiro atoms. The Morgan fingerprint density at radius 2 is 1.62 bits per heavy atom. The third kappa shape index (κ3) is 3.70. The first-order valence-electron chi connectivity index (χ1n) is 5.06. The summed E-state index contributed by atoms with van der Waals surface area (Å²) in [6.07, 6.45) is 4.26. The van der Waals surface area contributed by atoms with Gasteiger partial charge in [0.2, 0.25) is 0 Å². The first kappa shape index (κ1) is 13.3. The average Bonchev–Trinajstić information content (AvgIpc) is 2.29. The van der Waals surface area contributed by atoms with Crippen LogP contribution < -0.4 is 0 Å². The Morgan fingerprint density at radius 1 is 0.938 bits per heavy atom. The number of aryl methyl sites for hydroxylation is 1. The number of benzene rings is 2. The van der Waals surface area contributed by atoms with Crippen molar-refractivity contribution in [2.24, 2.45) is 0 Å². The van der Waals surface area contributed by atoms with Crippen molar-refractivity contribution in [3.05, 3.63) is 71.3 Å². The van der Waals surface area contributed by atoms with Gasteiger partial charge in [-0.25, -0.2) is 0 Å². The third-order valence-corrected chi connectivity index (χ3v) is 2.39. The summed E-state index contributed by atoms with van der Waals surface area (Å²) in [6.45, 7) is 2.12. The zero-order valence-corrected chi connectivity index (χ0v) is 12.2. The summed E-state index contributed by atoms with van der Waals surface area (Å²) < 4.78 is 0. The molecule has 0 unspecified atom stereocenters. The zero-order chi connectivity index (χ0) is 10.5. The maximum Gasteiger partial charge on any atom is 0 e. The van der Waals surface area contributed by atoms with Gasteiger partial charge in [0, 0.05) is 32.7 Å². The predicted octanol–water partition coefficient (Wildman–Crippen LogP) is 3.96. The van der Waals surface area contributed by atoms with Crippen molar-refractivity contribution < 1.29 is 32.7 Å². The molecule has 0 heterocycles. The van der Waals surface area contributed by atoms with Crippen LogP contribution in [0.2, 0.25) is 0 Å². The molecule has 77 valence electrons. The second-order valence-electron chi connectivity index (χ2n) is 3.52. The van der Waals surface area contributed by atoms with E-state index in [0.717, 1.165) is 0 Å². The Bertz CT molecular complexity index is 458. The fraction of sp³-hybridized carbons (Fsp3) is 0.0667. The summed E-state index contributed by atoms with van der Waals surface area (Å²) >= 11 is 0. The van der Waals surface area contributed by atoms with E-state index in [0.29, 0.717) is 0 Å². The fourth-order valence-electron chi connectivity index (χ4n) is 1.47. The Balaban J connectivity index is 0.00000128. The van der Waals surface area contributed by atoms with E-state index in [2.05, 4.69) is 61.5 Å². The predicted molar refractivity (Wildman–Crippen MR) is 65.4 cm³/mol. The summed E-state index contributed by atoms with van der Waals surface area (Å²) in [5.41, 5.74) is 3.78. The zero-order valence-electron chi connectivity index (χ0n) is 9.35. The molecule has 0 saturated heterocycles. The summed E-state index contributed by atoms with van der Waals surface area (Å²) in [6, 6.07) is 19.3. The van der Waals surface area contributed by atoms with Crippen LogP contribution in [0, 0.1) is 13.0 Å². The van der Waals surface area contributed by atoms with Gasteiger partial charge in [0.15, 0.2) is 0 Å². The van der Waals surface area contributed by atoms with Crippen molar-refractivity contribution in [3.63, 3.8) is 0 Å². The Kier molecular flexibility index (Phi) is 5.66. The van der Waals surface area contributed by atoms with Crippen molar-refractivity contribution in [1.82, 2.24) is 0 Å². The molecule has 0 nitrogen and oxygen atoms in total. The minimum Gasteiger partial charge on any atom is -0.184 e. The minimum atomic E-state index is 0. The molecular formula is C15H13Y-. The molecule has 0 aliphatic heterocycles. The molecule has 16 heavy (non-hydrogen) atoms. The molecule has 0 fully saturated rings. The molecule has 0 amide bonds.